The third-order valence-corrected chi connectivity index (χ3v) is 4.59. The van der Waals surface area contributed by atoms with Gasteiger partial charge in [-0.3, -0.25) is 4.79 Å². The van der Waals surface area contributed by atoms with E-state index in [2.05, 4.69) is 24.2 Å². The van der Waals surface area contributed by atoms with Crippen molar-refractivity contribution in [2.45, 2.75) is 51.1 Å². The molecule has 1 heterocycles. The molecule has 0 aromatic rings. The lowest BCUT2D eigenvalue weighted by Crippen LogP contribution is -2.52. The van der Waals surface area contributed by atoms with Crippen molar-refractivity contribution in [3.63, 3.8) is 0 Å². The minimum absolute atomic E-state index is 0.0469. The molecule has 4 nitrogen and oxygen atoms in total. The number of nitrogens with two attached hydrogens (primary N) is 1. The summed E-state index contributed by atoms with van der Waals surface area (Å²) in [6, 6.07) is 0.406. The molecule has 2 fully saturated rings. The minimum atomic E-state index is 0.0469. The van der Waals surface area contributed by atoms with Crippen LogP contribution in [0.5, 0.6) is 0 Å². The Bertz CT molecular complexity index is 295. The zero-order valence-electron chi connectivity index (χ0n) is 11.7. The van der Waals surface area contributed by atoms with E-state index < -0.39 is 0 Å². The molecule has 1 aliphatic carbocycles. The van der Waals surface area contributed by atoms with E-state index in [1.807, 2.05) is 0 Å². The van der Waals surface area contributed by atoms with Crippen LogP contribution in [0.1, 0.15) is 39.0 Å². The maximum Gasteiger partial charge on any atom is 0.224 e. The Hall–Kier alpha value is -0.610. The van der Waals surface area contributed by atoms with Gasteiger partial charge in [-0.25, -0.2) is 0 Å². The molecule has 18 heavy (non-hydrogen) atoms. The number of nitrogens with zero attached hydrogens (tertiary/aromatic N) is 1. The number of likely N-dealkylation sites (tertiary alicyclic amines) is 1. The Kier molecular flexibility index (Phi) is 4.62. The van der Waals surface area contributed by atoms with E-state index in [0.29, 0.717) is 12.0 Å². The first kappa shape index (κ1) is 13.8. The highest BCUT2D eigenvalue weighted by atomic mass is 16.2. The number of hydrogen-bond donors (Lipinski definition) is 2. The summed E-state index contributed by atoms with van der Waals surface area (Å²) in [7, 11) is 2.14. The van der Waals surface area contributed by atoms with E-state index in [0.717, 1.165) is 38.8 Å². The summed E-state index contributed by atoms with van der Waals surface area (Å²) in [6.45, 7) is 4.37. The maximum atomic E-state index is 12.3. The number of amides is 1. The molecule has 0 aromatic carbocycles. The van der Waals surface area contributed by atoms with E-state index in [1.54, 1.807) is 0 Å². The molecule has 0 radical (unpaired) electrons. The predicted octanol–water partition coefficient (Wildman–Crippen LogP) is 0.960. The molecule has 0 aromatic heterocycles. The summed E-state index contributed by atoms with van der Waals surface area (Å²) in [5.41, 5.74) is 6.07. The number of rotatable bonds is 2. The fourth-order valence-electron chi connectivity index (χ4n) is 3.34. The van der Waals surface area contributed by atoms with Crippen LogP contribution in [0.25, 0.3) is 0 Å². The zero-order chi connectivity index (χ0) is 13.1. The van der Waals surface area contributed by atoms with E-state index >= 15 is 0 Å². The van der Waals surface area contributed by atoms with Gasteiger partial charge in [0.25, 0.3) is 0 Å². The highest BCUT2D eigenvalue weighted by Crippen LogP contribution is 2.24. The van der Waals surface area contributed by atoms with E-state index in [1.165, 1.54) is 6.42 Å². The van der Waals surface area contributed by atoms with Crippen molar-refractivity contribution in [2.24, 2.45) is 17.6 Å². The molecule has 104 valence electrons. The van der Waals surface area contributed by atoms with Gasteiger partial charge >= 0.3 is 0 Å². The smallest absolute Gasteiger partial charge is 0.224 e. The van der Waals surface area contributed by atoms with Crippen LogP contribution in [0.3, 0.4) is 0 Å². The van der Waals surface area contributed by atoms with E-state index in [-0.39, 0.29) is 17.9 Å². The Morgan fingerprint density at radius 2 is 2.00 bits per heavy atom. The van der Waals surface area contributed by atoms with Crippen molar-refractivity contribution in [2.75, 3.05) is 20.1 Å². The van der Waals surface area contributed by atoms with Gasteiger partial charge in [0.05, 0.1) is 5.92 Å². The average molecular weight is 253 g/mol. The molecule has 1 aliphatic heterocycles. The van der Waals surface area contributed by atoms with Crippen molar-refractivity contribution >= 4 is 5.91 Å². The Morgan fingerprint density at radius 1 is 1.28 bits per heavy atom. The standard InChI is InChI=1S/C14H27N3O/c1-10-9-17(2)8-7-13(10)16-14(18)11-5-3-4-6-12(11)15/h10-13H,3-9,15H2,1-2H3,(H,16,18). The molecule has 2 aliphatic rings. The SMILES string of the molecule is CC1CN(C)CCC1NC(=O)C1CCCCC1N. The number of nitrogens with one attached hydrogen (secondary N) is 1. The summed E-state index contributed by atoms with van der Waals surface area (Å²) in [4.78, 5) is 14.6. The third kappa shape index (κ3) is 3.23. The molecular weight excluding hydrogens is 226 g/mol. The largest absolute Gasteiger partial charge is 0.353 e. The fourth-order valence-corrected chi connectivity index (χ4v) is 3.34. The summed E-state index contributed by atoms with van der Waals surface area (Å²) in [5, 5.41) is 3.24. The molecule has 4 unspecified atom stereocenters. The Labute approximate surface area is 110 Å². The predicted molar refractivity (Wildman–Crippen MR) is 73.1 cm³/mol. The lowest BCUT2D eigenvalue weighted by atomic mass is 9.83. The normalized spacial score (nSPS) is 38.4. The van der Waals surface area contributed by atoms with Crippen LogP contribution in [-0.4, -0.2) is 43.0 Å². The Morgan fingerprint density at radius 3 is 2.67 bits per heavy atom. The lowest BCUT2D eigenvalue weighted by molar-refractivity contribution is -0.127. The van der Waals surface area contributed by atoms with Crippen LogP contribution >= 0.6 is 0 Å². The first-order valence-corrected chi connectivity index (χ1v) is 7.32. The Balaban J connectivity index is 1.86. The second kappa shape index (κ2) is 6.02. The molecule has 4 atom stereocenters. The summed E-state index contributed by atoms with van der Waals surface area (Å²) in [5.74, 6) is 0.779. The van der Waals surface area contributed by atoms with Crippen LogP contribution in [0.2, 0.25) is 0 Å². The van der Waals surface area contributed by atoms with Crippen LogP contribution in [0.15, 0.2) is 0 Å². The third-order valence-electron chi connectivity index (χ3n) is 4.59. The van der Waals surface area contributed by atoms with Gasteiger partial charge in [0.15, 0.2) is 0 Å². The number of hydrogen-bond acceptors (Lipinski definition) is 3. The summed E-state index contributed by atoms with van der Waals surface area (Å²) >= 11 is 0. The van der Waals surface area contributed by atoms with Gasteiger partial charge in [0.1, 0.15) is 0 Å². The van der Waals surface area contributed by atoms with Crippen LogP contribution in [0, 0.1) is 11.8 Å². The van der Waals surface area contributed by atoms with Crippen molar-refractivity contribution in [3.05, 3.63) is 0 Å². The minimum Gasteiger partial charge on any atom is -0.353 e. The van der Waals surface area contributed by atoms with E-state index in [4.69, 9.17) is 5.73 Å². The van der Waals surface area contributed by atoms with Gasteiger partial charge in [-0.2, -0.15) is 0 Å². The molecule has 1 saturated heterocycles. The van der Waals surface area contributed by atoms with Gasteiger partial charge in [-0.05, 0) is 38.8 Å². The van der Waals surface area contributed by atoms with Crippen molar-refractivity contribution in [1.29, 1.82) is 0 Å². The average Bonchev–Trinajstić information content (AvgIpc) is 2.33. The maximum absolute atomic E-state index is 12.3. The topological polar surface area (TPSA) is 58.4 Å². The lowest BCUT2D eigenvalue weighted by Gasteiger charge is -2.37. The second-order valence-electron chi connectivity index (χ2n) is 6.20. The zero-order valence-corrected chi connectivity index (χ0v) is 11.7. The first-order valence-electron chi connectivity index (χ1n) is 7.32. The summed E-state index contributed by atoms with van der Waals surface area (Å²) < 4.78 is 0. The summed E-state index contributed by atoms with van der Waals surface area (Å²) in [6.07, 6.45) is 5.35. The molecule has 4 heteroatoms. The van der Waals surface area contributed by atoms with E-state index in [9.17, 15) is 4.79 Å². The highest BCUT2D eigenvalue weighted by Gasteiger charge is 2.32. The monoisotopic (exact) mass is 253 g/mol. The quantitative estimate of drug-likeness (QED) is 0.770. The molecule has 1 saturated carbocycles. The van der Waals surface area contributed by atoms with Gasteiger partial charge in [-0.15, -0.1) is 0 Å². The molecule has 0 spiro atoms. The molecule has 2 rings (SSSR count). The number of piperidine rings is 1. The van der Waals surface area contributed by atoms with Crippen molar-refractivity contribution in [3.8, 4) is 0 Å². The van der Waals surface area contributed by atoms with Crippen molar-refractivity contribution in [1.82, 2.24) is 10.2 Å². The molecule has 1 amide bonds. The second-order valence-corrected chi connectivity index (χ2v) is 6.20. The number of carbonyl (C=O) groups excluding carboxylic acids is 1. The number of carbonyl (C=O) groups is 1. The van der Waals surface area contributed by atoms with Gasteiger partial charge in [-0.1, -0.05) is 19.8 Å². The molecule has 0 bridgehead atoms. The van der Waals surface area contributed by atoms with Gasteiger partial charge in [0.2, 0.25) is 5.91 Å². The fraction of sp³-hybridized carbons (Fsp3) is 0.929. The van der Waals surface area contributed by atoms with Gasteiger partial charge in [0, 0.05) is 18.6 Å². The molecular formula is C14H27N3O. The molecule has 3 N–H and O–H groups in total. The van der Waals surface area contributed by atoms with Crippen molar-refractivity contribution < 1.29 is 4.79 Å². The van der Waals surface area contributed by atoms with Crippen LogP contribution < -0.4 is 11.1 Å². The van der Waals surface area contributed by atoms with Gasteiger partial charge < -0.3 is 16.0 Å². The first-order chi connectivity index (χ1) is 8.58. The van der Waals surface area contributed by atoms with Crippen LogP contribution in [-0.2, 0) is 4.79 Å². The highest BCUT2D eigenvalue weighted by molar-refractivity contribution is 5.79. The van der Waals surface area contributed by atoms with Crippen LogP contribution in [0.4, 0.5) is 0 Å².